The third-order valence-corrected chi connectivity index (χ3v) is 4.05. The van der Waals surface area contributed by atoms with Gasteiger partial charge in [-0.1, -0.05) is 20.3 Å². The predicted octanol–water partition coefficient (Wildman–Crippen LogP) is 5.30. The number of esters is 1. The Labute approximate surface area is 132 Å². The SMILES string of the molecule is CC(C)CC(SCCCCCC(F)F)C(=O)OC(C)(C)C. The van der Waals surface area contributed by atoms with Gasteiger partial charge in [0.2, 0.25) is 6.43 Å². The third kappa shape index (κ3) is 13.1. The largest absolute Gasteiger partial charge is 0.459 e. The topological polar surface area (TPSA) is 26.3 Å². The summed E-state index contributed by atoms with van der Waals surface area (Å²) >= 11 is 1.60. The van der Waals surface area contributed by atoms with E-state index < -0.39 is 12.0 Å². The molecule has 0 aromatic heterocycles. The van der Waals surface area contributed by atoms with Crippen molar-refractivity contribution in [3.8, 4) is 0 Å². The summed E-state index contributed by atoms with van der Waals surface area (Å²) in [6.07, 6.45) is 0.782. The van der Waals surface area contributed by atoms with Gasteiger partial charge in [-0.25, -0.2) is 8.78 Å². The first-order valence-electron chi connectivity index (χ1n) is 7.74. The summed E-state index contributed by atoms with van der Waals surface area (Å²) in [5.41, 5.74) is -0.468. The molecular weight excluding hydrogens is 294 g/mol. The van der Waals surface area contributed by atoms with Gasteiger partial charge < -0.3 is 4.74 Å². The quantitative estimate of drug-likeness (QED) is 0.403. The van der Waals surface area contributed by atoms with Crippen molar-refractivity contribution in [2.45, 2.75) is 84.0 Å². The summed E-state index contributed by atoms with van der Waals surface area (Å²) in [4.78, 5) is 12.2. The van der Waals surface area contributed by atoms with E-state index in [1.54, 1.807) is 11.8 Å². The molecular formula is C16H30F2O2S. The first-order chi connectivity index (χ1) is 9.61. The van der Waals surface area contributed by atoms with Gasteiger partial charge in [0.15, 0.2) is 0 Å². The number of hydrogen-bond acceptors (Lipinski definition) is 3. The Morgan fingerprint density at radius 2 is 1.76 bits per heavy atom. The number of alkyl halides is 2. The molecule has 2 nitrogen and oxygen atoms in total. The molecule has 5 heteroatoms. The second-order valence-electron chi connectivity index (χ2n) is 6.76. The van der Waals surface area contributed by atoms with E-state index in [0.717, 1.165) is 25.0 Å². The fourth-order valence-corrected chi connectivity index (χ4v) is 3.19. The van der Waals surface area contributed by atoms with Gasteiger partial charge in [0, 0.05) is 6.42 Å². The molecule has 0 fully saturated rings. The van der Waals surface area contributed by atoms with Gasteiger partial charge in [0.05, 0.1) is 0 Å². The maximum Gasteiger partial charge on any atom is 0.319 e. The van der Waals surface area contributed by atoms with Crippen molar-refractivity contribution in [2.75, 3.05) is 5.75 Å². The molecule has 0 aromatic carbocycles. The maximum absolute atomic E-state index is 12.2. The Hall–Kier alpha value is -0.320. The van der Waals surface area contributed by atoms with Crippen molar-refractivity contribution in [2.24, 2.45) is 5.92 Å². The molecule has 1 unspecified atom stereocenters. The number of ether oxygens (including phenoxy) is 1. The van der Waals surface area contributed by atoms with Crippen LogP contribution in [0.3, 0.4) is 0 Å². The molecule has 0 radical (unpaired) electrons. The Kier molecular flexibility index (Phi) is 10.3. The monoisotopic (exact) mass is 324 g/mol. The highest BCUT2D eigenvalue weighted by molar-refractivity contribution is 8.00. The van der Waals surface area contributed by atoms with Crippen molar-refractivity contribution >= 4 is 17.7 Å². The number of rotatable bonds is 10. The number of thioether (sulfide) groups is 1. The van der Waals surface area contributed by atoms with Gasteiger partial charge in [-0.3, -0.25) is 4.79 Å². The van der Waals surface area contributed by atoms with E-state index in [2.05, 4.69) is 13.8 Å². The van der Waals surface area contributed by atoms with E-state index in [-0.39, 0.29) is 17.6 Å². The zero-order valence-electron chi connectivity index (χ0n) is 14.0. The van der Waals surface area contributed by atoms with Gasteiger partial charge in [-0.15, -0.1) is 11.8 Å². The number of halogens is 2. The molecule has 0 saturated heterocycles. The van der Waals surface area contributed by atoms with Crippen LogP contribution in [-0.2, 0) is 9.53 Å². The van der Waals surface area contributed by atoms with Crippen molar-refractivity contribution in [3.63, 3.8) is 0 Å². The summed E-state index contributed by atoms with van der Waals surface area (Å²) in [5.74, 6) is 1.09. The lowest BCUT2D eigenvalue weighted by atomic mass is 10.1. The van der Waals surface area contributed by atoms with Crippen LogP contribution in [0, 0.1) is 5.92 Å². The van der Waals surface area contributed by atoms with Crippen molar-refractivity contribution in [1.82, 2.24) is 0 Å². The molecule has 0 rings (SSSR count). The average molecular weight is 324 g/mol. The fraction of sp³-hybridized carbons (Fsp3) is 0.938. The van der Waals surface area contributed by atoms with Gasteiger partial charge >= 0.3 is 5.97 Å². The van der Waals surface area contributed by atoms with Crippen LogP contribution in [0.5, 0.6) is 0 Å². The lowest BCUT2D eigenvalue weighted by molar-refractivity contribution is -0.154. The lowest BCUT2D eigenvalue weighted by Gasteiger charge is -2.24. The maximum atomic E-state index is 12.2. The van der Waals surface area contributed by atoms with Crippen LogP contribution < -0.4 is 0 Å². The molecule has 126 valence electrons. The minimum absolute atomic E-state index is 0.0217. The molecule has 0 amide bonds. The molecule has 21 heavy (non-hydrogen) atoms. The van der Waals surface area contributed by atoms with Gasteiger partial charge in [0.25, 0.3) is 0 Å². The second-order valence-corrected chi connectivity index (χ2v) is 8.07. The Morgan fingerprint density at radius 3 is 2.24 bits per heavy atom. The Bertz CT molecular complexity index is 288. The molecule has 1 atom stereocenters. The molecule has 0 spiro atoms. The summed E-state index contributed by atoms with van der Waals surface area (Å²) in [5, 5.41) is -0.153. The molecule has 0 N–H and O–H groups in total. The van der Waals surface area contributed by atoms with Crippen LogP contribution in [0.25, 0.3) is 0 Å². The second kappa shape index (κ2) is 10.4. The highest BCUT2D eigenvalue weighted by atomic mass is 32.2. The van der Waals surface area contributed by atoms with Crippen LogP contribution in [0.1, 0.15) is 66.7 Å². The van der Waals surface area contributed by atoms with Gasteiger partial charge in [0.1, 0.15) is 10.9 Å². The van der Waals surface area contributed by atoms with E-state index >= 15 is 0 Å². The van der Waals surface area contributed by atoms with Crippen LogP contribution in [0.4, 0.5) is 8.78 Å². The minimum atomic E-state index is -2.20. The van der Waals surface area contributed by atoms with Crippen molar-refractivity contribution in [3.05, 3.63) is 0 Å². The van der Waals surface area contributed by atoms with E-state index in [1.165, 1.54) is 0 Å². The Morgan fingerprint density at radius 1 is 1.14 bits per heavy atom. The van der Waals surface area contributed by atoms with Gasteiger partial charge in [-0.2, -0.15) is 0 Å². The Balaban J connectivity index is 4.10. The van der Waals surface area contributed by atoms with E-state index in [0.29, 0.717) is 12.3 Å². The molecule has 0 saturated carbocycles. The van der Waals surface area contributed by atoms with Crippen LogP contribution in [-0.4, -0.2) is 29.0 Å². The number of carbonyl (C=O) groups is 1. The lowest BCUT2D eigenvalue weighted by Crippen LogP contribution is -2.31. The first-order valence-corrected chi connectivity index (χ1v) is 8.79. The summed E-state index contributed by atoms with van der Waals surface area (Å²) in [6, 6.07) is 0. The highest BCUT2D eigenvalue weighted by Gasteiger charge is 2.26. The molecule has 0 aliphatic carbocycles. The molecule has 0 bridgehead atoms. The van der Waals surface area contributed by atoms with E-state index in [1.807, 2.05) is 20.8 Å². The third-order valence-electron chi connectivity index (χ3n) is 2.74. The summed E-state index contributed by atoms with van der Waals surface area (Å²) in [7, 11) is 0. The van der Waals surface area contributed by atoms with Crippen LogP contribution in [0.2, 0.25) is 0 Å². The van der Waals surface area contributed by atoms with Gasteiger partial charge in [-0.05, 0) is 51.7 Å². The molecule has 0 heterocycles. The standard InChI is InChI=1S/C16H30F2O2S/c1-12(2)11-13(15(19)20-16(3,4)5)21-10-8-6-7-9-14(17)18/h12-14H,6-11H2,1-5H3. The van der Waals surface area contributed by atoms with E-state index in [9.17, 15) is 13.6 Å². The number of carbonyl (C=O) groups excluding carboxylic acids is 1. The van der Waals surface area contributed by atoms with Crippen molar-refractivity contribution in [1.29, 1.82) is 0 Å². The zero-order chi connectivity index (χ0) is 16.5. The molecule has 0 aliphatic rings. The van der Waals surface area contributed by atoms with Crippen molar-refractivity contribution < 1.29 is 18.3 Å². The summed E-state index contributed by atoms with van der Waals surface area (Å²) < 4.78 is 29.5. The smallest absolute Gasteiger partial charge is 0.319 e. The normalized spacial score (nSPS) is 13.8. The first kappa shape index (κ1) is 20.7. The molecule has 0 aromatic rings. The van der Waals surface area contributed by atoms with Crippen LogP contribution in [0.15, 0.2) is 0 Å². The number of hydrogen-bond donors (Lipinski definition) is 0. The fourth-order valence-electron chi connectivity index (χ4n) is 1.83. The molecule has 0 aliphatic heterocycles. The van der Waals surface area contributed by atoms with Crippen LogP contribution >= 0.6 is 11.8 Å². The summed E-state index contributed by atoms with van der Waals surface area (Å²) in [6.45, 7) is 9.77. The zero-order valence-corrected chi connectivity index (χ0v) is 14.8. The number of unbranched alkanes of at least 4 members (excludes halogenated alkanes) is 2. The highest BCUT2D eigenvalue weighted by Crippen LogP contribution is 2.24. The minimum Gasteiger partial charge on any atom is -0.459 e. The van der Waals surface area contributed by atoms with E-state index in [4.69, 9.17) is 4.74 Å². The average Bonchev–Trinajstić information content (AvgIpc) is 2.28. The predicted molar refractivity (Wildman–Crippen MR) is 86.0 cm³/mol.